The van der Waals surface area contributed by atoms with Gasteiger partial charge in [0.1, 0.15) is 13.6 Å². The maximum atomic E-state index is 10.3. The van der Waals surface area contributed by atoms with Crippen LogP contribution in [0.15, 0.2) is 24.3 Å². The molecule has 0 aliphatic rings. The van der Waals surface area contributed by atoms with Crippen molar-refractivity contribution >= 4 is 30.7 Å². The van der Waals surface area contributed by atoms with E-state index in [-0.39, 0.29) is 64.9 Å². The monoisotopic (exact) mass is 291 g/mol. The molecule has 0 heterocycles. The first-order chi connectivity index (χ1) is 6.87. The third-order valence-electron chi connectivity index (χ3n) is 1.39. The van der Waals surface area contributed by atoms with Crippen LogP contribution in [-0.2, 0) is 4.57 Å². The van der Waals surface area contributed by atoms with Crippen LogP contribution < -0.4 is 78.7 Å². The first-order valence-corrected chi connectivity index (χ1v) is 5.83. The summed E-state index contributed by atoms with van der Waals surface area (Å²) in [4.78, 5) is 21.1. The number of rotatable bonds is 3. The summed E-state index contributed by atoms with van der Waals surface area (Å²) in [5, 5.41) is 2.85. The molecule has 1 N–H and O–H groups in total. The number of hydrogen-bond donors (Lipinski definition) is 1. The molecule has 0 bridgehead atoms. The Labute approximate surface area is 149 Å². The predicted molar refractivity (Wildman–Crippen MR) is 56.6 cm³/mol. The largest absolute Gasteiger partial charge is 1.00 e. The molecule has 0 fully saturated rings. The van der Waals surface area contributed by atoms with Crippen molar-refractivity contribution in [1.82, 2.24) is 0 Å². The summed E-state index contributed by atoms with van der Waals surface area (Å²) < 4.78 is 14.4. The first kappa shape index (κ1) is 20.4. The third kappa shape index (κ3) is 9.62. The van der Waals surface area contributed by atoms with Gasteiger partial charge in [-0.2, -0.15) is 0 Å². The van der Waals surface area contributed by atoms with Crippen LogP contribution in [0.1, 0.15) is 6.92 Å². The quantitative estimate of drug-likeness (QED) is 0.340. The summed E-state index contributed by atoms with van der Waals surface area (Å²) in [5.74, 6) is -0.0177. The second-order valence-corrected chi connectivity index (χ2v) is 4.43. The maximum Gasteiger partial charge on any atom is 1.00 e. The van der Waals surface area contributed by atoms with Gasteiger partial charge in [-0.3, -0.25) is 0 Å². The van der Waals surface area contributed by atoms with Crippen LogP contribution in [0.5, 0.6) is 5.75 Å². The molecule has 0 spiro atoms. The first-order valence-electron chi connectivity index (χ1n) is 3.96. The molecule has 1 aromatic rings. The smallest absolute Gasteiger partial charge is 0.780 e. The molecule has 9 heteroatoms. The van der Waals surface area contributed by atoms with Gasteiger partial charge in [0.25, 0.3) is 0 Å². The van der Waals surface area contributed by atoms with Crippen molar-refractivity contribution in [2.45, 2.75) is 6.92 Å². The standard InChI is InChI=1S/C8H10NO4PS.2Na/c1-6(15)9-7-2-4-8(5-3-7)13-14(10,11)12;;/h2-5H,1H3,(H,9,15)(H2,10,11,12);;/q;2*+1/p-2. The Morgan fingerprint density at radius 1 is 1.29 bits per heavy atom. The molecular weight excluding hydrogens is 283 g/mol. The van der Waals surface area contributed by atoms with E-state index >= 15 is 0 Å². The average Bonchev–Trinajstić information content (AvgIpc) is 2.05. The molecule has 0 unspecified atom stereocenters. The molecule has 0 saturated heterocycles. The van der Waals surface area contributed by atoms with E-state index in [2.05, 4.69) is 9.84 Å². The SMILES string of the molecule is CC(=S)Nc1ccc(OP(=O)([O-])[O-])cc1.[Na+].[Na+]. The fourth-order valence-corrected chi connectivity index (χ4v) is 1.43. The Bertz CT molecular complexity index is 408. The molecule has 1 aromatic carbocycles. The maximum absolute atomic E-state index is 10.3. The van der Waals surface area contributed by atoms with Gasteiger partial charge in [-0.25, -0.2) is 0 Å². The van der Waals surface area contributed by atoms with Gasteiger partial charge in [0.05, 0.1) is 4.99 Å². The van der Waals surface area contributed by atoms with Gasteiger partial charge >= 0.3 is 59.1 Å². The van der Waals surface area contributed by atoms with Crippen molar-refractivity contribution in [3.05, 3.63) is 24.3 Å². The molecule has 0 aliphatic heterocycles. The van der Waals surface area contributed by atoms with E-state index in [4.69, 9.17) is 12.2 Å². The fourth-order valence-electron chi connectivity index (χ4n) is 0.931. The molecule has 0 saturated carbocycles. The van der Waals surface area contributed by atoms with Crippen molar-refractivity contribution in [2.75, 3.05) is 5.32 Å². The Balaban J connectivity index is 0. The van der Waals surface area contributed by atoms with Crippen LogP contribution in [0.2, 0.25) is 0 Å². The van der Waals surface area contributed by atoms with Crippen molar-refractivity contribution in [2.24, 2.45) is 0 Å². The summed E-state index contributed by atoms with van der Waals surface area (Å²) >= 11 is 4.81. The van der Waals surface area contributed by atoms with Crippen molar-refractivity contribution in [1.29, 1.82) is 0 Å². The van der Waals surface area contributed by atoms with Crippen molar-refractivity contribution in [3.8, 4) is 5.75 Å². The number of nitrogens with one attached hydrogen (secondary N) is 1. The van der Waals surface area contributed by atoms with Gasteiger partial charge in [0, 0.05) is 5.69 Å². The Kier molecular flexibility index (Phi) is 10.8. The molecule has 82 valence electrons. The minimum atomic E-state index is -4.98. The van der Waals surface area contributed by atoms with Gasteiger partial charge < -0.3 is 24.2 Å². The average molecular weight is 291 g/mol. The molecular formula is C8H8NNa2O4PS. The Morgan fingerprint density at radius 3 is 2.12 bits per heavy atom. The summed E-state index contributed by atoms with van der Waals surface area (Å²) in [6, 6.07) is 5.84. The fraction of sp³-hybridized carbons (Fsp3) is 0.125. The van der Waals surface area contributed by atoms with Gasteiger partial charge in [0.2, 0.25) is 0 Å². The Hall–Kier alpha value is 1.06. The van der Waals surface area contributed by atoms with Gasteiger partial charge in [-0.05, 0) is 31.2 Å². The zero-order valence-corrected chi connectivity index (χ0v) is 15.5. The zero-order valence-electron chi connectivity index (χ0n) is 9.80. The summed E-state index contributed by atoms with van der Waals surface area (Å²) in [6.07, 6.45) is 0. The van der Waals surface area contributed by atoms with E-state index in [0.29, 0.717) is 10.7 Å². The Morgan fingerprint density at radius 2 is 1.76 bits per heavy atom. The van der Waals surface area contributed by atoms with Crippen LogP contribution in [0.25, 0.3) is 0 Å². The number of benzene rings is 1. The number of hydrogen-bond acceptors (Lipinski definition) is 5. The van der Waals surface area contributed by atoms with Crippen LogP contribution in [0.4, 0.5) is 5.69 Å². The number of thiocarbonyl (C=S) groups is 1. The number of phosphoric ester groups is 1. The topological polar surface area (TPSA) is 84.5 Å². The molecule has 1 rings (SSSR count). The van der Waals surface area contributed by atoms with Gasteiger partial charge in [0.15, 0.2) is 0 Å². The molecule has 0 aromatic heterocycles. The summed E-state index contributed by atoms with van der Waals surface area (Å²) in [5.41, 5.74) is 0.696. The normalized spacial score (nSPS) is 9.59. The summed E-state index contributed by atoms with van der Waals surface area (Å²) in [7, 11) is -4.98. The molecule has 0 amide bonds. The molecule has 0 atom stereocenters. The second-order valence-electron chi connectivity index (χ2n) is 2.74. The van der Waals surface area contributed by atoms with Crippen LogP contribution >= 0.6 is 20.0 Å². The van der Waals surface area contributed by atoms with E-state index in [0.717, 1.165) is 0 Å². The van der Waals surface area contributed by atoms with E-state index in [1.807, 2.05) is 0 Å². The van der Waals surface area contributed by atoms with E-state index < -0.39 is 7.82 Å². The second kappa shape index (κ2) is 9.04. The minimum Gasteiger partial charge on any atom is -0.780 e. The van der Waals surface area contributed by atoms with Gasteiger partial charge in [-0.1, -0.05) is 12.2 Å². The molecule has 0 aliphatic carbocycles. The van der Waals surface area contributed by atoms with E-state index in [1.165, 1.54) is 12.1 Å². The van der Waals surface area contributed by atoms with Crippen LogP contribution in [0.3, 0.4) is 0 Å². The molecule has 0 radical (unpaired) electrons. The predicted octanol–water partition coefficient (Wildman–Crippen LogP) is -5.34. The van der Waals surface area contributed by atoms with E-state index in [1.54, 1.807) is 19.1 Å². The number of anilines is 1. The summed E-state index contributed by atoms with van der Waals surface area (Å²) in [6.45, 7) is 1.71. The molecule has 5 nitrogen and oxygen atoms in total. The molecule has 17 heavy (non-hydrogen) atoms. The number of phosphoric acid groups is 1. The third-order valence-corrected chi connectivity index (χ3v) is 1.93. The minimum absolute atomic E-state index is 0. The van der Waals surface area contributed by atoms with Crippen LogP contribution in [0, 0.1) is 0 Å². The van der Waals surface area contributed by atoms with E-state index in [9.17, 15) is 14.4 Å². The van der Waals surface area contributed by atoms with Crippen LogP contribution in [-0.4, -0.2) is 4.99 Å². The van der Waals surface area contributed by atoms with Crippen molar-refractivity contribution < 1.29 is 78.0 Å². The zero-order chi connectivity index (χ0) is 11.5. The van der Waals surface area contributed by atoms with Crippen molar-refractivity contribution in [3.63, 3.8) is 0 Å². The van der Waals surface area contributed by atoms with Gasteiger partial charge in [-0.15, -0.1) is 0 Å².